The number of carbonyl (C=O) groups excluding carboxylic acids is 1. The molecule has 90 valence electrons. The molecular weight excluding hydrogens is 268 g/mol. The molecule has 0 aromatic carbocycles. The van der Waals surface area contributed by atoms with E-state index < -0.39 is 6.04 Å². The molecule has 1 unspecified atom stereocenters. The smallest absolute Gasteiger partial charge is 0.323 e. The second kappa shape index (κ2) is 7.11. The predicted octanol–water partition coefficient (Wildman–Crippen LogP) is 1.92. The third-order valence-electron chi connectivity index (χ3n) is 1.66. The molecule has 0 fully saturated rings. The van der Waals surface area contributed by atoms with Crippen LogP contribution in [0, 0.1) is 0 Å². The summed E-state index contributed by atoms with van der Waals surface area (Å²) < 4.78 is 5.34. The number of aromatic nitrogens is 1. The van der Waals surface area contributed by atoms with E-state index in [0.29, 0.717) is 16.8 Å². The van der Waals surface area contributed by atoms with E-state index in [4.69, 9.17) is 22.1 Å². The van der Waals surface area contributed by atoms with Crippen molar-refractivity contribution in [2.75, 3.05) is 12.4 Å². The largest absolute Gasteiger partial charge is 0.465 e. The maximum atomic E-state index is 11.2. The zero-order valence-electron chi connectivity index (χ0n) is 8.81. The summed E-state index contributed by atoms with van der Waals surface area (Å²) in [5.41, 5.74) is 5.64. The summed E-state index contributed by atoms with van der Waals surface area (Å²) in [4.78, 5) is 16.2. The number of halogens is 1. The minimum Gasteiger partial charge on any atom is -0.465 e. The van der Waals surface area contributed by atoms with Gasteiger partial charge in [-0.15, -0.1) is 11.3 Å². The second-order valence-corrected chi connectivity index (χ2v) is 5.68. The Morgan fingerprint density at radius 1 is 1.81 bits per heavy atom. The average molecular weight is 281 g/mol. The molecule has 0 spiro atoms. The van der Waals surface area contributed by atoms with Crippen molar-refractivity contribution < 1.29 is 9.53 Å². The van der Waals surface area contributed by atoms with E-state index in [1.807, 2.05) is 0 Å². The van der Waals surface area contributed by atoms with Gasteiger partial charge in [-0.25, -0.2) is 4.98 Å². The van der Waals surface area contributed by atoms with Crippen LogP contribution in [0.2, 0.25) is 4.47 Å². The summed E-state index contributed by atoms with van der Waals surface area (Å²) in [5, 5.41) is 0. The zero-order chi connectivity index (χ0) is 12.0. The molecule has 1 atom stereocenters. The number of nitrogens with two attached hydrogens (primary N) is 1. The normalized spacial score (nSPS) is 12.4. The summed E-state index contributed by atoms with van der Waals surface area (Å²) in [6, 6.07) is -0.562. The zero-order valence-corrected chi connectivity index (χ0v) is 11.2. The van der Waals surface area contributed by atoms with E-state index in [9.17, 15) is 4.79 Å². The van der Waals surface area contributed by atoms with Gasteiger partial charge in [-0.05, 0) is 6.92 Å². The molecule has 0 aliphatic heterocycles. The van der Waals surface area contributed by atoms with Gasteiger partial charge in [0.1, 0.15) is 6.04 Å². The van der Waals surface area contributed by atoms with Crippen molar-refractivity contribution in [2.24, 2.45) is 5.73 Å². The van der Waals surface area contributed by atoms with Crippen molar-refractivity contribution in [3.05, 3.63) is 15.5 Å². The Hall–Kier alpha value is -0.300. The Morgan fingerprint density at radius 3 is 3.12 bits per heavy atom. The van der Waals surface area contributed by atoms with Gasteiger partial charge in [0.25, 0.3) is 0 Å². The van der Waals surface area contributed by atoms with E-state index in [1.54, 1.807) is 24.9 Å². The minimum atomic E-state index is -0.562. The number of ether oxygens (including phenoxy) is 1. The molecule has 0 saturated carbocycles. The third kappa shape index (κ3) is 4.69. The van der Waals surface area contributed by atoms with E-state index >= 15 is 0 Å². The average Bonchev–Trinajstić information content (AvgIpc) is 2.64. The Labute approximate surface area is 108 Å². The monoisotopic (exact) mass is 280 g/mol. The number of thioether (sulfide) groups is 1. The SMILES string of the molecule is CCOC(=O)C(N)CSCc1cnc(Cl)s1. The fourth-order valence-corrected chi connectivity index (χ4v) is 3.00. The van der Waals surface area contributed by atoms with E-state index in [1.165, 1.54) is 11.3 Å². The van der Waals surface area contributed by atoms with Gasteiger partial charge in [-0.1, -0.05) is 11.6 Å². The highest BCUT2D eigenvalue weighted by molar-refractivity contribution is 7.98. The van der Waals surface area contributed by atoms with Crippen molar-refractivity contribution in [1.29, 1.82) is 0 Å². The molecule has 1 rings (SSSR count). The lowest BCUT2D eigenvalue weighted by atomic mass is 10.4. The first kappa shape index (κ1) is 13.8. The summed E-state index contributed by atoms with van der Waals surface area (Å²) >= 11 is 8.70. The Bertz CT molecular complexity index is 346. The van der Waals surface area contributed by atoms with Crippen molar-refractivity contribution in [3.63, 3.8) is 0 Å². The Kier molecular flexibility index (Phi) is 6.12. The highest BCUT2D eigenvalue weighted by Gasteiger charge is 2.14. The highest BCUT2D eigenvalue weighted by atomic mass is 35.5. The van der Waals surface area contributed by atoms with Crippen molar-refractivity contribution in [1.82, 2.24) is 4.98 Å². The van der Waals surface area contributed by atoms with Crippen LogP contribution in [-0.4, -0.2) is 29.4 Å². The second-order valence-electron chi connectivity index (χ2n) is 2.95. The summed E-state index contributed by atoms with van der Waals surface area (Å²) in [6.07, 6.45) is 1.73. The molecule has 0 aliphatic carbocycles. The number of nitrogens with zero attached hydrogens (tertiary/aromatic N) is 1. The standard InChI is InChI=1S/C9H13ClN2O2S2/c1-2-14-8(13)7(11)5-15-4-6-3-12-9(10)16-6/h3,7H,2,4-5,11H2,1H3. The van der Waals surface area contributed by atoms with Gasteiger partial charge in [0.15, 0.2) is 4.47 Å². The Balaban J connectivity index is 2.22. The van der Waals surface area contributed by atoms with Crippen LogP contribution in [0.25, 0.3) is 0 Å². The number of hydrogen-bond acceptors (Lipinski definition) is 6. The summed E-state index contributed by atoms with van der Waals surface area (Å²) in [6.45, 7) is 2.12. The van der Waals surface area contributed by atoms with Crippen LogP contribution in [0.5, 0.6) is 0 Å². The lowest BCUT2D eigenvalue weighted by Gasteiger charge is -2.09. The molecule has 7 heteroatoms. The van der Waals surface area contributed by atoms with Crippen LogP contribution in [0.15, 0.2) is 6.20 Å². The number of carbonyl (C=O) groups is 1. The summed E-state index contributed by atoms with van der Waals surface area (Å²) in [7, 11) is 0. The molecule has 0 amide bonds. The molecule has 1 aromatic heterocycles. The van der Waals surface area contributed by atoms with Gasteiger partial charge >= 0.3 is 5.97 Å². The predicted molar refractivity (Wildman–Crippen MR) is 67.9 cm³/mol. The van der Waals surface area contributed by atoms with Crippen LogP contribution in [0.1, 0.15) is 11.8 Å². The van der Waals surface area contributed by atoms with Crippen LogP contribution in [-0.2, 0) is 15.3 Å². The number of hydrogen-bond donors (Lipinski definition) is 1. The maximum absolute atomic E-state index is 11.2. The summed E-state index contributed by atoms with van der Waals surface area (Å²) in [5.74, 6) is 0.948. The number of rotatable bonds is 6. The molecule has 0 radical (unpaired) electrons. The van der Waals surface area contributed by atoms with Crippen molar-refractivity contribution in [3.8, 4) is 0 Å². The van der Waals surface area contributed by atoms with Crippen LogP contribution in [0.4, 0.5) is 0 Å². The van der Waals surface area contributed by atoms with Gasteiger partial charge in [0.05, 0.1) is 6.61 Å². The molecule has 2 N–H and O–H groups in total. The van der Waals surface area contributed by atoms with E-state index in [2.05, 4.69) is 4.98 Å². The third-order valence-corrected chi connectivity index (χ3v) is 4.06. The van der Waals surface area contributed by atoms with Gasteiger partial charge in [-0.3, -0.25) is 4.79 Å². The van der Waals surface area contributed by atoms with Crippen molar-refractivity contribution in [2.45, 2.75) is 18.7 Å². The highest BCUT2D eigenvalue weighted by Crippen LogP contribution is 2.22. The fourth-order valence-electron chi connectivity index (χ4n) is 0.954. The van der Waals surface area contributed by atoms with Gasteiger partial charge in [0, 0.05) is 22.6 Å². The maximum Gasteiger partial charge on any atom is 0.323 e. The van der Waals surface area contributed by atoms with Crippen molar-refractivity contribution >= 4 is 40.7 Å². The molecule has 0 saturated heterocycles. The van der Waals surface area contributed by atoms with Crippen LogP contribution in [0.3, 0.4) is 0 Å². The van der Waals surface area contributed by atoms with Crippen LogP contribution >= 0.6 is 34.7 Å². The van der Waals surface area contributed by atoms with Crippen LogP contribution < -0.4 is 5.73 Å². The first-order valence-corrected chi connectivity index (χ1v) is 7.08. The first-order chi connectivity index (χ1) is 7.63. The number of esters is 1. The first-order valence-electron chi connectivity index (χ1n) is 4.73. The van der Waals surface area contributed by atoms with Gasteiger partial charge in [0.2, 0.25) is 0 Å². The molecule has 1 aromatic rings. The topological polar surface area (TPSA) is 65.2 Å². The molecule has 4 nitrogen and oxygen atoms in total. The minimum absolute atomic E-state index is 0.350. The molecule has 16 heavy (non-hydrogen) atoms. The van der Waals surface area contributed by atoms with E-state index in [0.717, 1.165) is 10.6 Å². The van der Waals surface area contributed by atoms with E-state index in [-0.39, 0.29) is 5.97 Å². The fraction of sp³-hybridized carbons (Fsp3) is 0.556. The lowest BCUT2D eigenvalue weighted by Crippen LogP contribution is -2.34. The molecule has 1 heterocycles. The van der Waals surface area contributed by atoms with Gasteiger partial charge in [-0.2, -0.15) is 11.8 Å². The number of thiazole rings is 1. The molecule has 0 aliphatic rings. The molecular formula is C9H13ClN2O2S2. The quantitative estimate of drug-likeness (QED) is 0.807. The Morgan fingerprint density at radius 2 is 2.56 bits per heavy atom. The lowest BCUT2D eigenvalue weighted by molar-refractivity contribution is -0.144. The molecule has 0 bridgehead atoms. The van der Waals surface area contributed by atoms with Gasteiger partial charge < -0.3 is 10.5 Å².